The van der Waals surface area contributed by atoms with Crippen molar-refractivity contribution in [3.05, 3.63) is 71.3 Å². The summed E-state index contributed by atoms with van der Waals surface area (Å²) in [6.45, 7) is 0.476. The Morgan fingerprint density at radius 1 is 0.923 bits per heavy atom. The van der Waals surface area contributed by atoms with E-state index in [1.807, 2.05) is 6.07 Å². The van der Waals surface area contributed by atoms with Crippen LogP contribution in [0.3, 0.4) is 0 Å². The van der Waals surface area contributed by atoms with E-state index >= 15 is 0 Å². The largest absolute Gasteiger partial charge is 0.480 e. The Morgan fingerprint density at radius 2 is 1.58 bits per heavy atom. The first kappa shape index (κ1) is 19.3. The molecule has 0 saturated heterocycles. The number of nitrogens with two attached hydrogens (primary N) is 1. The van der Waals surface area contributed by atoms with E-state index < -0.39 is 17.9 Å². The molecule has 2 rings (SSSR count). The van der Waals surface area contributed by atoms with Crippen LogP contribution in [0.15, 0.2) is 54.6 Å². The third-order valence-corrected chi connectivity index (χ3v) is 3.97. The molecular weight excluding hydrogens is 332 g/mol. The predicted molar refractivity (Wildman–Crippen MR) is 98.1 cm³/mol. The molecule has 6 nitrogen and oxygen atoms in total. The van der Waals surface area contributed by atoms with Gasteiger partial charge in [0.2, 0.25) is 0 Å². The van der Waals surface area contributed by atoms with Crippen LogP contribution in [0.1, 0.15) is 45.5 Å². The van der Waals surface area contributed by atoms with Crippen LogP contribution in [0.5, 0.6) is 0 Å². The Hall–Kier alpha value is -2.99. The molecule has 0 bridgehead atoms. The quantitative estimate of drug-likeness (QED) is 0.472. The minimum absolute atomic E-state index is 0.196. The highest BCUT2D eigenvalue weighted by molar-refractivity contribution is 6.10. The van der Waals surface area contributed by atoms with E-state index in [1.165, 1.54) is 6.07 Å². The molecule has 2 aromatic rings. The highest BCUT2D eigenvalue weighted by atomic mass is 16.4. The van der Waals surface area contributed by atoms with Gasteiger partial charge < -0.3 is 16.2 Å². The van der Waals surface area contributed by atoms with Crippen LogP contribution < -0.4 is 11.1 Å². The van der Waals surface area contributed by atoms with Crippen molar-refractivity contribution >= 4 is 17.7 Å². The molecule has 6 heteroatoms. The fourth-order valence-corrected chi connectivity index (χ4v) is 2.55. The number of ketones is 1. The van der Waals surface area contributed by atoms with Crippen molar-refractivity contribution in [3.63, 3.8) is 0 Å². The lowest BCUT2D eigenvalue weighted by Gasteiger charge is -2.14. The SMILES string of the molecule is NCCCC[C@@H](NC(=O)c1cccc(C(=O)c2ccccc2)c1)C(=O)O. The number of nitrogens with one attached hydrogen (secondary N) is 1. The number of hydrogen-bond acceptors (Lipinski definition) is 4. The lowest BCUT2D eigenvalue weighted by molar-refractivity contribution is -0.139. The standard InChI is InChI=1S/C20H22N2O4/c21-12-5-4-11-17(20(25)26)22-19(24)16-10-6-9-15(13-16)18(23)14-7-2-1-3-8-14/h1-3,6-10,13,17H,4-5,11-12,21H2,(H,22,24)(H,25,26)/t17-/m1/s1. The number of aliphatic carboxylic acids is 1. The second kappa shape index (κ2) is 9.48. The number of carboxylic acid groups (broad SMARTS) is 1. The molecular formula is C20H22N2O4. The van der Waals surface area contributed by atoms with Crippen LogP contribution in [0.25, 0.3) is 0 Å². The average molecular weight is 354 g/mol. The molecule has 0 aliphatic carbocycles. The Labute approximate surface area is 152 Å². The molecule has 0 radical (unpaired) electrons. The van der Waals surface area contributed by atoms with Gasteiger partial charge in [-0.3, -0.25) is 9.59 Å². The molecule has 136 valence electrons. The van der Waals surface area contributed by atoms with E-state index in [2.05, 4.69) is 5.32 Å². The van der Waals surface area contributed by atoms with Crippen LogP contribution in [-0.4, -0.2) is 35.4 Å². The summed E-state index contributed by atoms with van der Waals surface area (Å²) in [5.41, 5.74) is 6.55. The van der Waals surface area contributed by atoms with Crippen molar-refractivity contribution in [2.45, 2.75) is 25.3 Å². The Kier molecular flexibility index (Phi) is 7.05. The number of carboxylic acids is 1. The molecule has 0 saturated carbocycles. The summed E-state index contributed by atoms with van der Waals surface area (Å²) in [7, 11) is 0. The number of carbonyl (C=O) groups excluding carboxylic acids is 2. The van der Waals surface area contributed by atoms with Crippen molar-refractivity contribution in [2.24, 2.45) is 5.73 Å². The lowest BCUT2D eigenvalue weighted by atomic mass is 10.0. The van der Waals surface area contributed by atoms with Gasteiger partial charge in [0, 0.05) is 16.7 Å². The van der Waals surface area contributed by atoms with Crippen LogP contribution in [0, 0.1) is 0 Å². The van der Waals surface area contributed by atoms with Crippen LogP contribution in [0.2, 0.25) is 0 Å². The van der Waals surface area contributed by atoms with E-state index in [-0.39, 0.29) is 11.3 Å². The van der Waals surface area contributed by atoms with E-state index in [9.17, 15) is 19.5 Å². The first-order valence-corrected chi connectivity index (χ1v) is 8.46. The first-order chi connectivity index (χ1) is 12.5. The highest BCUT2D eigenvalue weighted by Gasteiger charge is 2.20. The topological polar surface area (TPSA) is 109 Å². The third-order valence-electron chi connectivity index (χ3n) is 3.97. The number of hydrogen-bond donors (Lipinski definition) is 3. The number of benzene rings is 2. The molecule has 0 fully saturated rings. The maximum Gasteiger partial charge on any atom is 0.326 e. The van der Waals surface area contributed by atoms with Crippen LogP contribution >= 0.6 is 0 Å². The van der Waals surface area contributed by atoms with E-state index in [4.69, 9.17) is 5.73 Å². The minimum atomic E-state index is -1.09. The molecule has 0 spiro atoms. The minimum Gasteiger partial charge on any atom is -0.480 e. The summed E-state index contributed by atoms with van der Waals surface area (Å²) in [5, 5.41) is 11.8. The first-order valence-electron chi connectivity index (χ1n) is 8.46. The number of amides is 1. The van der Waals surface area contributed by atoms with Gasteiger partial charge in [-0.25, -0.2) is 4.79 Å². The van der Waals surface area contributed by atoms with E-state index in [0.29, 0.717) is 36.9 Å². The summed E-state index contributed by atoms with van der Waals surface area (Å²) in [5.74, 6) is -1.81. The fourth-order valence-electron chi connectivity index (χ4n) is 2.55. The highest BCUT2D eigenvalue weighted by Crippen LogP contribution is 2.12. The lowest BCUT2D eigenvalue weighted by Crippen LogP contribution is -2.40. The molecule has 26 heavy (non-hydrogen) atoms. The summed E-state index contributed by atoms with van der Waals surface area (Å²) < 4.78 is 0. The maximum absolute atomic E-state index is 12.5. The maximum atomic E-state index is 12.5. The molecule has 0 aliphatic rings. The Bertz CT molecular complexity index is 774. The zero-order valence-corrected chi connectivity index (χ0v) is 14.4. The van der Waals surface area contributed by atoms with Gasteiger partial charge in [-0.05, 0) is 37.9 Å². The monoisotopic (exact) mass is 354 g/mol. The van der Waals surface area contributed by atoms with Gasteiger partial charge in [0.05, 0.1) is 0 Å². The summed E-state index contributed by atoms with van der Waals surface area (Å²) in [4.78, 5) is 36.2. The predicted octanol–water partition coefficient (Wildman–Crippen LogP) is 2.23. The number of carbonyl (C=O) groups is 3. The Morgan fingerprint density at radius 3 is 2.23 bits per heavy atom. The molecule has 1 atom stereocenters. The summed E-state index contributed by atoms with van der Waals surface area (Å²) >= 11 is 0. The molecule has 0 unspecified atom stereocenters. The average Bonchev–Trinajstić information content (AvgIpc) is 2.67. The third kappa shape index (κ3) is 5.26. The van der Waals surface area contributed by atoms with Crippen molar-refractivity contribution < 1.29 is 19.5 Å². The van der Waals surface area contributed by atoms with Crippen molar-refractivity contribution in [1.82, 2.24) is 5.32 Å². The van der Waals surface area contributed by atoms with Gasteiger partial charge >= 0.3 is 5.97 Å². The molecule has 0 heterocycles. The van der Waals surface area contributed by atoms with E-state index in [0.717, 1.165) is 0 Å². The normalized spacial score (nSPS) is 11.6. The second-order valence-electron chi connectivity index (χ2n) is 5.92. The fraction of sp³-hybridized carbons (Fsp3) is 0.250. The van der Waals surface area contributed by atoms with Crippen LogP contribution in [-0.2, 0) is 4.79 Å². The molecule has 0 aromatic heterocycles. The zero-order valence-electron chi connectivity index (χ0n) is 14.4. The van der Waals surface area contributed by atoms with Gasteiger partial charge in [0.1, 0.15) is 6.04 Å². The molecule has 0 aliphatic heterocycles. The van der Waals surface area contributed by atoms with Crippen LogP contribution in [0.4, 0.5) is 0 Å². The number of rotatable bonds is 9. The smallest absolute Gasteiger partial charge is 0.326 e. The zero-order chi connectivity index (χ0) is 18.9. The van der Waals surface area contributed by atoms with Crippen molar-refractivity contribution in [3.8, 4) is 0 Å². The van der Waals surface area contributed by atoms with Gasteiger partial charge in [0.25, 0.3) is 5.91 Å². The summed E-state index contributed by atoms with van der Waals surface area (Å²) in [6.07, 6.45) is 1.61. The van der Waals surface area contributed by atoms with E-state index in [1.54, 1.807) is 42.5 Å². The second-order valence-corrected chi connectivity index (χ2v) is 5.92. The van der Waals surface area contributed by atoms with Crippen molar-refractivity contribution in [2.75, 3.05) is 6.54 Å². The van der Waals surface area contributed by atoms with Gasteiger partial charge in [-0.2, -0.15) is 0 Å². The molecule has 1 amide bonds. The van der Waals surface area contributed by atoms with Gasteiger partial charge in [-0.1, -0.05) is 42.5 Å². The summed E-state index contributed by atoms with van der Waals surface area (Å²) in [6, 6.07) is 14.0. The van der Waals surface area contributed by atoms with Gasteiger partial charge in [0.15, 0.2) is 5.78 Å². The number of unbranched alkanes of at least 4 members (excludes halogenated alkanes) is 1. The van der Waals surface area contributed by atoms with Crippen molar-refractivity contribution in [1.29, 1.82) is 0 Å². The Balaban J connectivity index is 2.11. The molecule has 2 aromatic carbocycles. The van der Waals surface area contributed by atoms with Gasteiger partial charge in [-0.15, -0.1) is 0 Å². The molecule has 4 N–H and O–H groups in total.